The van der Waals surface area contributed by atoms with Crippen LogP contribution in [0, 0.1) is 6.92 Å². The lowest BCUT2D eigenvalue weighted by molar-refractivity contribution is -0.115. The lowest BCUT2D eigenvalue weighted by atomic mass is 10.1. The minimum atomic E-state index is -0.0840. The molecule has 4 rings (SSSR count). The molecule has 0 spiro atoms. The normalized spacial score (nSPS) is 10.9. The first-order valence-corrected chi connectivity index (χ1v) is 11.8. The Morgan fingerprint density at radius 1 is 1.00 bits per heavy atom. The number of thiazole rings is 1. The summed E-state index contributed by atoms with van der Waals surface area (Å²) in [6.45, 7) is 2.04. The van der Waals surface area contributed by atoms with Crippen molar-refractivity contribution in [2.75, 3.05) is 29.7 Å². The van der Waals surface area contributed by atoms with Crippen molar-refractivity contribution in [1.29, 1.82) is 0 Å². The lowest BCUT2D eigenvalue weighted by Crippen LogP contribution is -2.14. The van der Waals surface area contributed by atoms with E-state index in [4.69, 9.17) is 4.98 Å². The summed E-state index contributed by atoms with van der Waals surface area (Å²) in [6, 6.07) is 25.9. The maximum absolute atomic E-state index is 12.7. The topological polar surface area (TPSA) is 69.6 Å². The fourth-order valence-electron chi connectivity index (χ4n) is 3.33. The summed E-state index contributed by atoms with van der Waals surface area (Å²) in [4.78, 5) is 19.5. The number of anilines is 3. The Morgan fingerprint density at radius 2 is 1.71 bits per heavy atom. The van der Waals surface area contributed by atoms with Crippen LogP contribution in [0.2, 0.25) is 0 Å². The molecule has 0 radical (unpaired) electrons. The maximum atomic E-state index is 12.7. The molecule has 3 aromatic carbocycles. The highest BCUT2D eigenvalue weighted by atomic mass is 32.1. The summed E-state index contributed by atoms with van der Waals surface area (Å²) in [5.41, 5.74) is 8.90. The van der Waals surface area contributed by atoms with Crippen LogP contribution in [-0.2, 0) is 11.2 Å². The van der Waals surface area contributed by atoms with E-state index in [-0.39, 0.29) is 5.91 Å². The summed E-state index contributed by atoms with van der Waals surface area (Å²) in [5, 5.41) is 8.68. The van der Waals surface area contributed by atoms with Crippen molar-refractivity contribution in [1.82, 2.24) is 4.98 Å². The third-order valence-electron chi connectivity index (χ3n) is 5.20. The molecule has 4 aromatic rings. The molecule has 6 nitrogen and oxygen atoms in total. The number of hydrogen-bond acceptors (Lipinski definition) is 6. The van der Waals surface area contributed by atoms with Crippen LogP contribution in [0.4, 0.5) is 15.8 Å². The van der Waals surface area contributed by atoms with Gasteiger partial charge < -0.3 is 10.2 Å². The van der Waals surface area contributed by atoms with Crippen molar-refractivity contribution < 1.29 is 4.79 Å². The minimum Gasteiger partial charge on any atom is -0.378 e. The van der Waals surface area contributed by atoms with E-state index in [0.717, 1.165) is 33.6 Å². The van der Waals surface area contributed by atoms with Gasteiger partial charge in [-0.25, -0.2) is 4.98 Å². The Kier molecular flexibility index (Phi) is 7.34. The SMILES string of the molecule is Cc1ccc(-c2nc(N/N=C\c3ccc(N(C)C)cc3)sc2NC(=O)Cc2ccccc2)cc1. The average Bonchev–Trinajstić information content (AvgIpc) is 3.22. The second kappa shape index (κ2) is 10.8. The van der Waals surface area contributed by atoms with Gasteiger partial charge in [0.25, 0.3) is 0 Å². The van der Waals surface area contributed by atoms with Gasteiger partial charge in [0.1, 0.15) is 10.7 Å². The Balaban J connectivity index is 1.52. The molecule has 0 fully saturated rings. The first-order valence-electron chi connectivity index (χ1n) is 11.0. The smallest absolute Gasteiger partial charge is 0.229 e. The second-order valence-corrected chi connectivity index (χ2v) is 9.13. The number of aryl methyl sites for hydroxylation is 1. The molecule has 0 aliphatic rings. The van der Waals surface area contributed by atoms with Gasteiger partial charge in [-0.05, 0) is 30.2 Å². The second-order valence-electron chi connectivity index (χ2n) is 8.13. The Labute approximate surface area is 204 Å². The highest BCUT2D eigenvalue weighted by Gasteiger charge is 2.16. The zero-order valence-corrected chi connectivity index (χ0v) is 20.3. The number of carbonyl (C=O) groups excluding carboxylic acids is 1. The van der Waals surface area contributed by atoms with E-state index < -0.39 is 0 Å². The number of amides is 1. The van der Waals surface area contributed by atoms with Gasteiger partial charge in [-0.15, -0.1) is 0 Å². The van der Waals surface area contributed by atoms with E-state index in [1.165, 1.54) is 11.3 Å². The van der Waals surface area contributed by atoms with E-state index in [1.54, 1.807) is 6.21 Å². The molecule has 0 bridgehead atoms. The molecule has 1 aromatic heterocycles. The third-order valence-corrected chi connectivity index (χ3v) is 6.07. The van der Waals surface area contributed by atoms with E-state index in [9.17, 15) is 4.79 Å². The Hall–Kier alpha value is -3.97. The van der Waals surface area contributed by atoms with Crippen molar-refractivity contribution in [3.8, 4) is 11.3 Å². The molecule has 0 aliphatic carbocycles. The van der Waals surface area contributed by atoms with Crippen LogP contribution in [-0.4, -0.2) is 31.2 Å². The molecule has 2 N–H and O–H groups in total. The van der Waals surface area contributed by atoms with Crippen LogP contribution >= 0.6 is 11.3 Å². The number of hydrazone groups is 1. The number of carbonyl (C=O) groups is 1. The number of aromatic nitrogens is 1. The standard InChI is InChI=1S/C27H27N5OS/c1-19-9-13-22(14-10-19)25-26(29-24(33)17-20-7-5-4-6-8-20)34-27(30-25)31-28-18-21-11-15-23(16-12-21)32(2)3/h4-16,18H,17H2,1-3H3,(H,29,33)(H,30,31)/b28-18-. The summed E-state index contributed by atoms with van der Waals surface area (Å²) in [7, 11) is 4.02. The minimum absolute atomic E-state index is 0.0840. The predicted octanol–water partition coefficient (Wildman–Crippen LogP) is 5.81. The highest BCUT2D eigenvalue weighted by Crippen LogP contribution is 2.36. The number of nitrogens with zero attached hydrogens (tertiary/aromatic N) is 3. The predicted molar refractivity (Wildman–Crippen MR) is 143 cm³/mol. The van der Waals surface area contributed by atoms with Gasteiger partial charge in [-0.1, -0.05) is 83.6 Å². The number of rotatable bonds is 8. The molecule has 0 saturated carbocycles. The maximum Gasteiger partial charge on any atom is 0.229 e. The van der Waals surface area contributed by atoms with Crippen LogP contribution in [0.25, 0.3) is 11.3 Å². The van der Waals surface area contributed by atoms with Gasteiger partial charge in [0.15, 0.2) is 0 Å². The first-order chi connectivity index (χ1) is 16.5. The monoisotopic (exact) mass is 469 g/mol. The summed E-state index contributed by atoms with van der Waals surface area (Å²) >= 11 is 1.36. The van der Waals surface area contributed by atoms with Crippen LogP contribution in [0.15, 0.2) is 84.0 Å². The van der Waals surface area contributed by atoms with Gasteiger partial charge in [0.05, 0.1) is 12.6 Å². The zero-order chi connectivity index (χ0) is 23.9. The summed E-state index contributed by atoms with van der Waals surface area (Å²) in [6.07, 6.45) is 2.05. The largest absolute Gasteiger partial charge is 0.378 e. The van der Waals surface area contributed by atoms with Gasteiger partial charge in [-0.3, -0.25) is 10.2 Å². The van der Waals surface area contributed by atoms with Gasteiger partial charge >= 0.3 is 0 Å². The number of hydrogen-bond donors (Lipinski definition) is 2. The van der Waals surface area contributed by atoms with Crippen molar-refractivity contribution in [3.63, 3.8) is 0 Å². The molecular formula is C27H27N5OS. The average molecular weight is 470 g/mol. The molecule has 0 aliphatic heterocycles. The quantitative estimate of drug-likeness (QED) is 0.252. The molecule has 172 valence electrons. The Morgan fingerprint density at radius 3 is 2.38 bits per heavy atom. The molecule has 34 heavy (non-hydrogen) atoms. The van der Waals surface area contributed by atoms with Crippen LogP contribution < -0.4 is 15.6 Å². The summed E-state index contributed by atoms with van der Waals surface area (Å²) < 4.78 is 0. The van der Waals surface area contributed by atoms with Crippen LogP contribution in [0.1, 0.15) is 16.7 Å². The van der Waals surface area contributed by atoms with Crippen LogP contribution in [0.5, 0.6) is 0 Å². The van der Waals surface area contributed by atoms with Crippen LogP contribution in [0.3, 0.4) is 0 Å². The Bertz CT molecular complexity index is 1260. The molecule has 0 unspecified atom stereocenters. The highest BCUT2D eigenvalue weighted by molar-refractivity contribution is 7.20. The van der Waals surface area contributed by atoms with E-state index in [0.29, 0.717) is 16.6 Å². The molecule has 1 amide bonds. The third kappa shape index (κ3) is 6.08. The molecule has 7 heteroatoms. The van der Waals surface area contributed by atoms with Crippen molar-refractivity contribution in [2.45, 2.75) is 13.3 Å². The first kappa shape index (κ1) is 23.2. The van der Waals surface area contributed by atoms with Gasteiger partial charge in [-0.2, -0.15) is 5.10 Å². The summed E-state index contributed by atoms with van der Waals surface area (Å²) in [5.74, 6) is -0.0840. The van der Waals surface area contributed by atoms with E-state index in [1.807, 2.05) is 99.9 Å². The van der Waals surface area contributed by atoms with Gasteiger partial charge in [0.2, 0.25) is 11.0 Å². The molecule has 0 saturated heterocycles. The zero-order valence-electron chi connectivity index (χ0n) is 19.4. The van der Waals surface area contributed by atoms with E-state index in [2.05, 4.69) is 20.7 Å². The number of nitrogens with one attached hydrogen (secondary N) is 2. The van der Waals surface area contributed by atoms with Crippen molar-refractivity contribution in [2.24, 2.45) is 5.10 Å². The fraction of sp³-hybridized carbons (Fsp3) is 0.148. The molecule has 0 atom stereocenters. The van der Waals surface area contributed by atoms with Crippen molar-refractivity contribution in [3.05, 3.63) is 95.6 Å². The fourth-order valence-corrected chi connectivity index (χ4v) is 4.19. The van der Waals surface area contributed by atoms with E-state index >= 15 is 0 Å². The van der Waals surface area contributed by atoms with Gasteiger partial charge in [0, 0.05) is 25.3 Å². The molecule has 1 heterocycles. The van der Waals surface area contributed by atoms with Crippen molar-refractivity contribution >= 4 is 39.3 Å². The molecular weight excluding hydrogens is 442 g/mol. The lowest BCUT2D eigenvalue weighted by Gasteiger charge is -2.11. The number of benzene rings is 3.